The van der Waals surface area contributed by atoms with Crippen LogP contribution in [0.25, 0.3) is 10.9 Å². The van der Waals surface area contributed by atoms with Crippen LogP contribution in [0, 0.1) is 5.92 Å². The molecule has 1 aromatic carbocycles. The van der Waals surface area contributed by atoms with E-state index in [9.17, 15) is 4.79 Å². The van der Waals surface area contributed by atoms with Gasteiger partial charge in [0, 0.05) is 42.1 Å². The van der Waals surface area contributed by atoms with E-state index in [1.807, 2.05) is 6.07 Å². The van der Waals surface area contributed by atoms with Gasteiger partial charge >= 0.3 is 5.97 Å². The van der Waals surface area contributed by atoms with E-state index < -0.39 is 0 Å². The van der Waals surface area contributed by atoms with Gasteiger partial charge in [-0.3, -0.25) is 4.79 Å². The van der Waals surface area contributed by atoms with E-state index >= 15 is 0 Å². The van der Waals surface area contributed by atoms with Gasteiger partial charge in [0.2, 0.25) is 0 Å². The highest BCUT2D eigenvalue weighted by atomic mass is 16.5. The number of piperidine rings is 1. The van der Waals surface area contributed by atoms with Crippen LogP contribution >= 0.6 is 0 Å². The number of nitrogens with one attached hydrogen (secondary N) is 1. The quantitative estimate of drug-likeness (QED) is 0.650. The smallest absolute Gasteiger partial charge is 0.313 e. The molecule has 4 heteroatoms. The summed E-state index contributed by atoms with van der Waals surface area (Å²) in [6.07, 6.45) is 3.11. The second kappa shape index (κ2) is 5.24. The van der Waals surface area contributed by atoms with E-state index in [0.717, 1.165) is 18.5 Å². The number of allylic oxidation sites excluding steroid dienone is 1. The number of fused-ring (bicyclic) bond motifs is 6. The van der Waals surface area contributed by atoms with E-state index in [0.29, 0.717) is 6.04 Å². The van der Waals surface area contributed by atoms with Crippen molar-refractivity contribution in [2.75, 3.05) is 13.7 Å². The van der Waals surface area contributed by atoms with Crippen LogP contribution in [-0.4, -0.2) is 24.2 Å². The minimum absolute atomic E-state index is 0.118. The molecule has 1 aliphatic heterocycles. The van der Waals surface area contributed by atoms with Crippen LogP contribution in [0.3, 0.4) is 0 Å². The second-order valence-corrected chi connectivity index (χ2v) is 6.52. The van der Waals surface area contributed by atoms with E-state index in [1.54, 1.807) is 0 Å². The van der Waals surface area contributed by atoms with Gasteiger partial charge in [0.05, 0.1) is 13.0 Å². The SMILES string of the molecule is C/C=C1/CN[C@H]2C[C@@H]1[C@H](C(=O)OC)c1c2n(C)c2ccccc12. The predicted octanol–water partition coefficient (Wildman–Crippen LogP) is 3.05. The Morgan fingerprint density at radius 2 is 2.17 bits per heavy atom. The Balaban J connectivity index is 2.03. The highest BCUT2D eigenvalue weighted by Crippen LogP contribution is 2.50. The summed E-state index contributed by atoms with van der Waals surface area (Å²) in [6, 6.07) is 8.66. The Kier molecular flexibility index (Phi) is 3.31. The number of esters is 1. The fourth-order valence-electron chi connectivity index (χ4n) is 4.54. The lowest BCUT2D eigenvalue weighted by Gasteiger charge is -2.42. The molecule has 0 radical (unpaired) electrons. The van der Waals surface area contributed by atoms with Crippen LogP contribution in [-0.2, 0) is 16.6 Å². The topological polar surface area (TPSA) is 43.3 Å². The largest absolute Gasteiger partial charge is 0.469 e. The Bertz CT molecular complexity index is 818. The van der Waals surface area contributed by atoms with Crippen LogP contribution in [0.2, 0.25) is 0 Å². The molecule has 23 heavy (non-hydrogen) atoms. The van der Waals surface area contributed by atoms with Crippen LogP contribution < -0.4 is 5.32 Å². The van der Waals surface area contributed by atoms with Gasteiger partial charge in [0.1, 0.15) is 0 Å². The molecule has 2 heterocycles. The van der Waals surface area contributed by atoms with Crippen LogP contribution in [0.15, 0.2) is 35.9 Å². The lowest BCUT2D eigenvalue weighted by Crippen LogP contribution is -2.43. The molecule has 0 saturated carbocycles. The first-order chi connectivity index (χ1) is 11.2. The number of benzene rings is 1. The van der Waals surface area contributed by atoms with Gasteiger partial charge in [-0.05, 0) is 25.0 Å². The lowest BCUT2D eigenvalue weighted by molar-refractivity contribution is -0.144. The predicted molar refractivity (Wildman–Crippen MR) is 90.3 cm³/mol. The summed E-state index contributed by atoms with van der Waals surface area (Å²) < 4.78 is 7.44. The number of carbonyl (C=O) groups is 1. The number of carbonyl (C=O) groups excluding carboxylic acids is 1. The average Bonchev–Trinajstić information content (AvgIpc) is 2.89. The van der Waals surface area contributed by atoms with Gasteiger partial charge in [-0.15, -0.1) is 0 Å². The number of rotatable bonds is 1. The molecule has 1 aromatic heterocycles. The minimum atomic E-state index is -0.203. The molecule has 0 amide bonds. The zero-order valence-electron chi connectivity index (χ0n) is 13.8. The van der Waals surface area contributed by atoms with E-state index in [2.05, 4.69) is 48.1 Å². The molecule has 1 fully saturated rings. The number of aromatic nitrogens is 1. The number of hydrogen-bond acceptors (Lipinski definition) is 3. The van der Waals surface area contributed by atoms with Gasteiger partial charge in [0.25, 0.3) is 0 Å². The maximum atomic E-state index is 12.7. The number of aryl methyl sites for hydroxylation is 1. The maximum absolute atomic E-state index is 12.7. The van der Waals surface area contributed by atoms with Crippen molar-refractivity contribution in [2.45, 2.75) is 25.3 Å². The van der Waals surface area contributed by atoms with Crippen LogP contribution in [0.5, 0.6) is 0 Å². The van der Waals surface area contributed by atoms with Gasteiger partial charge in [-0.1, -0.05) is 29.8 Å². The summed E-state index contributed by atoms with van der Waals surface area (Å²) in [5.74, 6) is -0.0880. The Morgan fingerprint density at radius 3 is 2.91 bits per heavy atom. The summed E-state index contributed by atoms with van der Waals surface area (Å²) in [6.45, 7) is 2.91. The van der Waals surface area contributed by atoms with Crippen molar-refractivity contribution in [2.24, 2.45) is 13.0 Å². The van der Waals surface area contributed by atoms with Crippen molar-refractivity contribution >= 4 is 16.9 Å². The lowest BCUT2D eigenvalue weighted by atomic mass is 9.69. The molecule has 0 unspecified atom stereocenters. The summed E-state index contributed by atoms with van der Waals surface area (Å²) in [5.41, 5.74) is 4.90. The molecule has 2 bridgehead atoms. The summed E-state index contributed by atoms with van der Waals surface area (Å²) in [4.78, 5) is 12.7. The minimum Gasteiger partial charge on any atom is -0.469 e. The Labute approximate surface area is 136 Å². The van der Waals surface area contributed by atoms with Crippen LogP contribution in [0.1, 0.15) is 36.6 Å². The van der Waals surface area contributed by atoms with Crippen molar-refractivity contribution in [1.82, 2.24) is 9.88 Å². The molecule has 0 spiro atoms. The first kappa shape index (κ1) is 14.5. The van der Waals surface area contributed by atoms with Crippen LogP contribution in [0.4, 0.5) is 0 Å². The summed E-state index contributed by atoms with van der Waals surface area (Å²) in [5, 5.41) is 4.82. The van der Waals surface area contributed by atoms with Crippen molar-refractivity contribution in [3.8, 4) is 0 Å². The number of hydrogen-bond donors (Lipinski definition) is 1. The van der Waals surface area contributed by atoms with Crippen molar-refractivity contribution in [3.63, 3.8) is 0 Å². The fourth-order valence-corrected chi connectivity index (χ4v) is 4.54. The average molecular weight is 310 g/mol. The number of methoxy groups -OCH3 is 1. The first-order valence-electron chi connectivity index (χ1n) is 8.20. The number of nitrogens with zero attached hydrogens (tertiary/aromatic N) is 1. The third-order valence-corrected chi connectivity index (χ3v) is 5.58. The molecule has 120 valence electrons. The van der Waals surface area contributed by atoms with Crippen molar-refractivity contribution in [1.29, 1.82) is 0 Å². The molecular formula is C19H22N2O2. The molecule has 4 nitrogen and oxygen atoms in total. The zero-order valence-corrected chi connectivity index (χ0v) is 13.8. The number of para-hydroxylation sites is 1. The standard InChI is InChI=1S/C19H22N2O2/c1-4-11-10-20-14-9-13(11)17(19(22)23-3)16-12-7-5-6-8-15(12)21(2)18(14)16/h4-8,13-14,17,20H,9-10H2,1-3H3/b11-4-/t13-,14-,17-/m0/s1. The molecule has 1 N–H and O–H groups in total. The molecule has 4 rings (SSSR count). The third-order valence-electron chi connectivity index (χ3n) is 5.58. The molecule has 2 aliphatic rings. The fraction of sp³-hybridized carbons (Fsp3) is 0.421. The van der Waals surface area contributed by atoms with Crippen molar-refractivity contribution < 1.29 is 9.53 Å². The van der Waals surface area contributed by atoms with Gasteiger partial charge in [-0.2, -0.15) is 0 Å². The third kappa shape index (κ3) is 1.91. The van der Waals surface area contributed by atoms with E-state index in [4.69, 9.17) is 4.74 Å². The molecule has 1 aliphatic carbocycles. The Morgan fingerprint density at radius 1 is 1.39 bits per heavy atom. The number of ether oxygens (including phenoxy) is 1. The molecular weight excluding hydrogens is 288 g/mol. The first-order valence-corrected chi connectivity index (χ1v) is 8.20. The monoisotopic (exact) mass is 310 g/mol. The highest BCUT2D eigenvalue weighted by Gasteiger charge is 2.46. The van der Waals surface area contributed by atoms with Gasteiger partial charge < -0.3 is 14.6 Å². The maximum Gasteiger partial charge on any atom is 0.313 e. The van der Waals surface area contributed by atoms with E-state index in [-0.39, 0.29) is 17.8 Å². The van der Waals surface area contributed by atoms with Crippen molar-refractivity contribution in [3.05, 3.63) is 47.2 Å². The second-order valence-electron chi connectivity index (χ2n) is 6.52. The molecule has 1 saturated heterocycles. The highest BCUT2D eigenvalue weighted by molar-refractivity contribution is 5.93. The Hall–Kier alpha value is -2.07. The van der Waals surface area contributed by atoms with E-state index in [1.165, 1.54) is 29.3 Å². The van der Waals surface area contributed by atoms with Gasteiger partial charge in [0.15, 0.2) is 0 Å². The molecule has 2 aromatic rings. The summed E-state index contributed by atoms with van der Waals surface area (Å²) in [7, 11) is 3.60. The summed E-state index contributed by atoms with van der Waals surface area (Å²) >= 11 is 0. The zero-order chi connectivity index (χ0) is 16.1. The molecule has 3 atom stereocenters. The van der Waals surface area contributed by atoms with Gasteiger partial charge in [-0.25, -0.2) is 0 Å². The normalized spacial score (nSPS) is 28.0.